The first kappa shape index (κ1) is 21.6. The number of nitrogens with zero attached hydrogens (tertiary/aromatic N) is 2. The second-order valence-corrected chi connectivity index (χ2v) is 9.15. The summed E-state index contributed by atoms with van der Waals surface area (Å²) in [5.74, 6) is 0.906. The Bertz CT molecular complexity index is 913. The molecule has 5 nitrogen and oxygen atoms in total. The second-order valence-electron chi connectivity index (χ2n) is 9.15. The maximum atomic E-state index is 12.9. The summed E-state index contributed by atoms with van der Waals surface area (Å²) in [6, 6.07) is 15.8. The molecule has 0 unspecified atom stereocenters. The number of hydrogen-bond acceptors (Lipinski definition) is 3. The van der Waals surface area contributed by atoms with E-state index in [1.165, 1.54) is 31.5 Å². The molecule has 1 N–H and O–H groups in total. The SMILES string of the molecule is CC1CCN(Cc2ccc(CNC(=O)c3ccccc3N(C)C(=O)C3CC3)cc2)CC1. The highest BCUT2D eigenvalue weighted by atomic mass is 16.2. The van der Waals surface area contributed by atoms with Gasteiger partial charge in [-0.15, -0.1) is 0 Å². The lowest BCUT2D eigenvalue weighted by atomic mass is 9.99. The normalized spacial score (nSPS) is 17.4. The van der Waals surface area contributed by atoms with Crippen molar-refractivity contribution in [2.45, 2.75) is 45.7 Å². The average Bonchev–Trinajstić information content (AvgIpc) is 3.64. The van der Waals surface area contributed by atoms with Gasteiger partial charge in [0.05, 0.1) is 11.3 Å². The molecule has 0 aromatic heterocycles. The lowest BCUT2D eigenvalue weighted by Crippen LogP contribution is -2.32. The second kappa shape index (κ2) is 9.65. The summed E-state index contributed by atoms with van der Waals surface area (Å²) in [4.78, 5) is 29.4. The number of nitrogens with one attached hydrogen (secondary N) is 1. The topological polar surface area (TPSA) is 52.7 Å². The zero-order chi connectivity index (χ0) is 21.8. The van der Waals surface area contributed by atoms with E-state index in [0.717, 1.165) is 30.9 Å². The van der Waals surface area contributed by atoms with Gasteiger partial charge in [0.2, 0.25) is 5.91 Å². The van der Waals surface area contributed by atoms with Crippen LogP contribution in [0.5, 0.6) is 0 Å². The molecule has 0 atom stereocenters. The van der Waals surface area contributed by atoms with Crippen LogP contribution in [0.1, 0.15) is 54.1 Å². The number of rotatable bonds is 7. The van der Waals surface area contributed by atoms with Gasteiger partial charge in [-0.2, -0.15) is 0 Å². The minimum Gasteiger partial charge on any atom is -0.348 e. The summed E-state index contributed by atoms with van der Waals surface area (Å²) in [7, 11) is 1.76. The molecule has 2 aliphatic rings. The molecule has 1 aliphatic carbocycles. The Morgan fingerprint density at radius 1 is 0.968 bits per heavy atom. The summed E-state index contributed by atoms with van der Waals surface area (Å²) < 4.78 is 0. The molecular weight excluding hydrogens is 386 g/mol. The van der Waals surface area contributed by atoms with Crippen LogP contribution in [0.15, 0.2) is 48.5 Å². The van der Waals surface area contributed by atoms with Gasteiger partial charge in [0.15, 0.2) is 0 Å². The molecule has 164 valence electrons. The summed E-state index contributed by atoms with van der Waals surface area (Å²) >= 11 is 0. The molecule has 4 rings (SSSR count). The third-order valence-corrected chi connectivity index (χ3v) is 6.53. The maximum absolute atomic E-state index is 12.9. The summed E-state index contributed by atoms with van der Waals surface area (Å²) in [6.45, 7) is 6.15. The van der Waals surface area contributed by atoms with Gasteiger partial charge in [-0.25, -0.2) is 0 Å². The first-order chi connectivity index (χ1) is 15.0. The largest absolute Gasteiger partial charge is 0.348 e. The van der Waals surface area contributed by atoms with Crippen molar-refractivity contribution >= 4 is 17.5 Å². The molecule has 0 bridgehead atoms. The van der Waals surface area contributed by atoms with Crippen LogP contribution in [0.3, 0.4) is 0 Å². The molecule has 5 heteroatoms. The van der Waals surface area contributed by atoms with Gasteiger partial charge in [0.1, 0.15) is 0 Å². The van der Waals surface area contributed by atoms with Gasteiger partial charge < -0.3 is 10.2 Å². The molecular formula is C26H33N3O2. The van der Waals surface area contributed by atoms with Crippen molar-refractivity contribution in [1.82, 2.24) is 10.2 Å². The van der Waals surface area contributed by atoms with Crippen LogP contribution in [-0.2, 0) is 17.9 Å². The van der Waals surface area contributed by atoms with Gasteiger partial charge >= 0.3 is 0 Å². The third kappa shape index (κ3) is 5.53. The number of amides is 2. The van der Waals surface area contributed by atoms with E-state index in [9.17, 15) is 9.59 Å². The van der Waals surface area contributed by atoms with Crippen LogP contribution in [0, 0.1) is 11.8 Å². The Balaban J connectivity index is 1.33. The lowest BCUT2D eigenvalue weighted by Gasteiger charge is -2.30. The third-order valence-electron chi connectivity index (χ3n) is 6.53. The minimum atomic E-state index is -0.155. The molecule has 1 heterocycles. The van der Waals surface area contributed by atoms with Crippen LogP contribution in [-0.4, -0.2) is 36.9 Å². The number of carbonyl (C=O) groups is 2. The number of benzene rings is 2. The fraction of sp³-hybridized carbons (Fsp3) is 0.462. The molecule has 2 aromatic rings. The first-order valence-corrected chi connectivity index (χ1v) is 11.5. The number of likely N-dealkylation sites (tertiary alicyclic amines) is 1. The van der Waals surface area contributed by atoms with E-state index in [1.807, 2.05) is 18.2 Å². The number of carbonyl (C=O) groups excluding carboxylic acids is 2. The molecule has 31 heavy (non-hydrogen) atoms. The fourth-order valence-corrected chi connectivity index (χ4v) is 4.20. The zero-order valence-corrected chi connectivity index (χ0v) is 18.6. The van der Waals surface area contributed by atoms with E-state index in [2.05, 4.69) is 41.4 Å². The number of hydrogen-bond donors (Lipinski definition) is 1. The van der Waals surface area contributed by atoms with Crippen LogP contribution in [0.25, 0.3) is 0 Å². The molecule has 0 spiro atoms. The average molecular weight is 420 g/mol. The van der Waals surface area contributed by atoms with Crippen molar-refractivity contribution in [2.24, 2.45) is 11.8 Å². The van der Waals surface area contributed by atoms with Crippen molar-refractivity contribution < 1.29 is 9.59 Å². The predicted molar refractivity (Wildman–Crippen MR) is 124 cm³/mol. The highest BCUT2D eigenvalue weighted by Crippen LogP contribution is 2.33. The number of para-hydroxylation sites is 1. The van der Waals surface area contributed by atoms with Crippen molar-refractivity contribution in [2.75, 3.05) is 25.0 Å². The first-order valence-electron chi connectivity index (χ1n) is 11.5. The summed E-state index contributed by atoms with van der Waals surface area (Å²) in [5.41, 5.74) is 3.59. The smallest absolute Gasteiger partial charge is 0.253 e. The Labute approximate surface area is 185 Å². The van der Waals surface area contributed by atoms with Crippen molar-refractivity contribution in [3.05, 3.63) is 65.2 Å². The van der Waals surface area contributed by atoms with E-state index in [0.29, 0.717) is 17.8 Å². The van der Waals surface area contributed by atoms with Gasteiger partial charge in [0.25, 0.3) is 5.91 Å². The van der Waals surface area contributed by atoms with E-state index in [-0.39, 0.29) is 17.7 Å². The quantitative estimate of drug-likeness (QED) is 0.731. The zero-order valence-electron chi connectivity index (χ0n) is 18.6. The molecule has 1 aliphatic heterocycles. The summed E-state index contributed by atoms with van der Waals surface area (Å²) in [6.07, 6.45) is 4.47. The van der Waals surface area contributed by atoms with Gasteiger partial charge in [0, 0.05) is 26.1 Å². The van der Waals surface area contributed by atoms with Crippen molar-refractivity contribution in [1.29, 1.82) is 0 Å². The van der Waals surface area contributed by atoms with E-state index < -0.39 is 0 Å². The van der Waals surface area contributed by atoms with Gasteiger partial charge in [-0.05, 0) is 68.0 Å². The molecule has 2 fully saturated rings. The maximum Gasteiger partial charge on any atom is 0.253 e. The van der Waals surface area contributed by atoms with Crippen LogP contribution in [0.4, 0.5) is 5.69 Å². The predicted octanol–water partition coefficient (Wildman–Crippen LogP) is 4.22. The van der Waals surface area contributed by atoms with E-state index >= 15 is 0 Å². The van der Waals surface area contributed by atoms with Crippen LogP contribution >= 0.6 is 0 Å². The monoisotopic (exact) mass is 419 g/mol. The highest BCUT2D eigenvalue weighted by molar-refractivity contribution is 6.05. The molecule has 2 amide bonds. The van der Waals surface area contributed by atoms with Crippen LogP contribution < -0.4 is 10.2 Å². The van der Waals surface area contributed by atoms with Crippen molar-refractivity contribution in [3.8, 4) is 0 Å². The Morgan fingerprint density at radius 2 is 1.61 bits per heavy atom. The Kier molecular flexibility index (Phi) is 6.71. The molecule has 2 aromatic carbocycles. The number of piperidine rings is 1. The highest BCUT2D eigenvalue weighted by Gasteiger charge is 2.33. The summed E-state index contributed by atoms with van der Waals surface area (Å²) in [5, 5.41) is 3.01. The van der Waals surface area contributed by atoms with Gasteiger partial charge in [-0.1, -0.05) is 43.3 Å². The lowest BCUT2D eigenvalue weighted by molar-refractivity contribution is -0.119. The van der Waals surface area contributed by atoms with E-state index in [1.54, 1.807) is 18.0 Å². The fourth-order valence-electron chi connectivity index (χ4n) is 4.20. The Morgan fingerprint density at radius 3 is 2.29 bits per heavy atom. The van der Waals surface area contributed by atoms with Crippen molar-refractivity contribution in [3.63, 3.8) is 0 Å². The number of anilines is 1. The minimum absolute atomic E-state index is 0.0963. The van der Waals surface area contributed by atoms with Crippen LogP contribution in [0.2, 0.25) is 0 Å². The molecule has 1 saturated heterocycles. The molecule has 1 saturated carbocycles. The molecule has 0 radical (unpaired) electrons. The standard InChI is InChI=1S/C26H33N3O2/c1-19-13-15-29(16-14-19)18-21-9-7-20(8-10-21)17-27-25(30)23-5-3-4-6-24(23)28(2)26(31)22-11-12-22/h3-10,19,22H,11-18H2,1-2H3,(H,27,30). The van der Waals surface area contributed by atoms with Gasteiger partial charge in [-0.3, -0.25) is 14.5 Å². The Hall–Kier alpha value is -2.66. The van der Waals surface area contributed by atoms with E-state index in [4.69, 9.17) is 0 Å².